The second-order valence-electron chi connectivity index (χ2n) is 12.2. The number of Topliss-reactive ketones (excluding diaryl/α,β-unsaturated/α-hetero) is 2. The first-order valence-electron chi connectivity index (χ1n) is 14.3. The average molecular weight is 573 g/mol. The third-order valence-electron chi connectivity index (χ3n) is 9.58. The van der Waals surface area contributed by atoms with E-state index < -0.39 is 58.0 Å². The lowest BCUT2D eigenvalue weighted by molar-refractivity contribution is -0.134. The number of phenols is 1. The number of ketones is 2. The summed E-state index contributed by atoms with van der Waals surface area (Å²) in [5.74, 6) is -5.56. The molecule has 10 heteroatoms. The van der Waals surface area contributed by atoms with Gasteiger partial charge in [0.2, 0.25) is 0 Å². The zero-order chi connectivity index (χ0) is 30.1. The maximum absolute atomic E-state index is 14.1. The Morgan fingerprint density at radius 3 is 2.33 bits per heavy atom. The Morgan fingerprint density at radius 1 is 1.05 bits per heavy atom. The molecule has 0 aromatic heterocycles. The number of carbonyl (C=O) groups is 3. The van der Waals surface area contributed by atoms with E-state index in [2.05, 4.69) is 17.0 Å². The van der Waals surface area contributed by atoms with Crippen molar-refractivity contribution in [1.82, 2.24) is 9.80 Å². The summed E-state index contributed by atoms with van der Waals surface area (Å²) >= 11 is 0. The molecule has 4 atom stereocenters. The van der Waals surface area contributed by atoms with Crippen LogP contribution in [0.3, 0.4) is 0 Å². The summed E-state index contributed by atoms with van der Waals surface area (Å²) in [5, 5.41) is 33.5. The van der Waals surface area contributed by atoms with Crippen molar-refractivity contribution in [2.45, 2.75) is 43.8 Å². The molecule has 6 rings (SSSR count). The fraction of sp³-hybridized carbons (Fsp3) is 0.406. The van der Waals surface area contributed by atoms with E-state index in [0.717, 1.165) is 30.8 Å². The van der Waals surface area contributed by atoms with Crippen LogP contribution in [0.25, 0.3) is 16.9 Å². The zero-order valence-electron chi connectivity index (χ0n) is 23.8. The summed E-state index contributed by atoms with van der Waals surface area (Å²) in [4.78, 5) is 43.7. The molecule has 2 fully saturated rings. The van der Waals surface area contributed by atoms with Crippen LogP contribution in [-0.2, 0) is 27.3 Å². The summed E-state index contributed by atoms with van der Waals surface area (Å²) < 4.78 is 0. The molecule has 4 aliphatic rings. The van der Waals surface area contributed by atoms with Crippen molar-refractivity contribution in [3.05, 3.63) is 70.0 Å². The Morgan fingerprint density at radius 2 is 1.71 bits per heavy atom. The van der Waals surface area contributed by atoms with Gasteiger partial charge in [0.25, 0.3) is 5.91 Å². The lowest BCUT2D eigenvalue weighted by Gasteiger charge is -2.51. The van der Waals surface area contributed by atoms with Gasteiger partial charge in [0.15, 0.2) is 11.6 Å². The van der Waals surface area contributed by atoms with E-state index in [1.165, 1.54) is 24.5 Å². The van der Waals surface area contributed by atoms with Crippen LogP contribution >= 0.6 is 0 Å². The van der Waals surface area contributed by atoms with E-state index in [-0.39, 0.29) is 23.3 Å². The van der Waals surface area contributed by atoms with Crippen LogP contribution < -0.4 is 11.5 Å². The van der Waals surface area contributed by atoms with Crippen molar-refractivity contribution < 1.29 is 29.7 Å². The molecule has 2 aromatic rings. The molecule has 3 aliphatic carbocycles. The number of benzene rings is 2. The SMILES string of the molecule is CN(C)C1C(=O)C(C(N)=O)=C(O)[C@@]2(N)C(=O)C3=C(O)c4c(O)ccc(-c5ccc(CN6CCCC6)cc5)c4C[C@H]3C[C@@H]12. The number of hydrogen-bond donors (Lipinski definition) is 5. The molecule has 1 saturated carbocycles. The van der Waals surface area contributed by atoms with E-state index in [9.17, 15) is 29.7 Å². The van der Waals surface area contributed by atoms with Gasteiger partial charge in [0.1, 0.15) is 28.4 Å². The number of hydrogen-bond acceptors (Lipinski definition) is 9. The number of aromatic hydroxyl groups is 1. The van der Waals surface area contributed by atoms with E-state index in [0.29, 0.717) is 12.0 Å². The van der Waals surface area contributed by atoms with Gasteiger partial charge < -0.3 is 26.8 Å². The predicted molar refractivity (Wildman–Crippen MR) is 156 cm³/mol. The second-order valence-corrected chi connectivity index (χ2v) is 12.2. The summed E-state index contributed by atoms with van der Waals surface area (Å²) in [7, 11) is 3.27. The van der Waals surface area contributed by atoms with Gasteiger partial charge in [0, 0.05) is 18.0 Å². The molecule has 0 spiro atoms. The molecule has 1 unspecified atom stereocenters. The van der Waals surface area contributed by atoms with Gasteiger partial charge in [-0.25, -0.2) is 0 Å². The lowest BCUT2D eigenvalue weighted by atomic mass is 9.56. The van der Waals surface area contributed by atoms with Crippen molar-refractivity contribution in [2.24, 2.45) is 23.3 Å². The lowest BCUT2D eigenvalue weighted by Crippen LogP contribution is -2.69. The number of amides is 1. The first-order valence-corrected chi connectivity index (χ1v) is 14.3. The Labute approximate surface area is 243 Å². The standard InChI is InChI=1S/C32H36N4O6/c1-35(2)26-21-14-18-13-20-19(17-7-5-16(6-8-17)15-36-11-3-4-12-36)9-10-22(37)24(20)27(38)23(18)29(40)32(21,34)30(41)25(28(26)39)31(33)42/h5-10,18,21,26,37-38,41H,3-4,11-15,34H2,1-2H3,(H2,33,42)/t18-,21-,26?,32-/m0/s1. The molecule has 42 heavy (non-hydrogen) atoms. The van der Waals surface area contributed by atoms with Gasteiger partial charge in [-0.3, -0.25) is 24.2 Å². The van der Waals surface area contributed by atoms with E-state index >= 15 is 0 Å². The molecule has 1 saturated heterocycles. The van der Waals surface area contributed by atoms with Crippen molar-refractivity contribution in [2.75, 3.05) is 27.2 Å². The van der Waals surface area contributed by atoms with E-state index in [1.54, 1.807) is 25.1 Å². The van der Waals surface area contributed by atoms with E-state index in [4.69, 9.17) is 11.5 Å². The van der Waals surface area contributed by atoms with Crippen LogP contribution in [0.2, 0.25) is 0 Å². The molecular formula is C32H36N4O6. The smallest absolute Gasteiger partial charge is 0.255 e. The minimum atomic E-state index is -2.15. The number of aliphatic hydroxyl groups is 2. The number of primary amides is 1. The van der Waals surface area contributed by atoms with Crippen molar-refractivity contribution in [3.63, 3.8) is 0 Å². The molecule has 1 amide bonds. The van der Waals surface area contributed by atoms with Crippen molar-refractivity contribution >= 4 is 23.2 Å². The van der Waals surface area contributed by atoms with Crippen LogP contribution in [0.5, 0.6) is 5.75 Å². The van der Waals surface area contributed by atoms with E-state index in [1.807, 2.05) is 12.1 Å². The third-order valence-corrected chi connectivity index (χ3v) is 9.58. The van der Waals surface area contributed by atoms with Crippen LogP contribution in [0.4, 0.5) is 0 Å². The highest BCUT2D eigenvalue weighted by molar-refractivity contribution is 6.24. The van der Waals surface area contributed by atoms with Crippen molar-refractivity contribution in [3.8, 4) is 16.9 Å². The molecule has 1 aliphatic heterocycles. The molecule has 0 radical (unpaired) electrons. The minimum Gasteiger partial charge on any atom is -0.509 e. The maximum Gasteiger partial charge on any atom is 0.255 e. The summed E-state index contributed by atoms with van der Waals surface area (Å²) in [6.07, 6.45) is 2.92. The summed E-state index contributed by atoms with van der Waals surface area (Å²) in [6, 6.07) is 10.5. The molecular weight excluding hydrogens is 536 g/mol. The number of likely N-dealkylation sites (tertiary alicyclic amines) is 1. The van der Waals surface area contributed by atoms with Gasteiger partial charge in [0.05, 0.1) is 11.6 Å². The number of nitrogens with zero attached hydrogens (tertiary/aromatic N) is 2. The molecule has 1 heterocycles. The predicted octanol–water partition coefficient (Wildman–Crippen LogP) is 2.19. The number of likely N-dealkylation sites (N-methyl/N-ethyl adjacent to an activating group) is 1. The third kappa shape index (κ3) is 4.08. The molecule has 7 N–H and O–H groups in total. The number of fused-ring (bicyclic) bond motifs is 3. The fourth-order valence-corrected chi connectivity index (χ4v) is 7.57. The first-order chi connectivity index (χ1) is 19.9. The Hall–Kier alpha value is -3.99. The van der Waals surface area contributed by atoms with Crippen LogP contribution in [0.15, 0.2) is 53.3 Å². The normalized spacial score (nSPS) is 27.8. The highest BCUT2D eigenvalue weighted by atomic mass is 16.3. The van der Waals surface area contributed by atoms with Gasteiger partial charge in [-0.15, -0.1) is 0 Å². The van der Waals surface area contributed by atoms with Gasteiger partial charge in [-0.05, 0) is 87.1 Å². The average Bonchev–Trinajstić information content (AvgIpc) is 3.44. The molecule has 220 valence electrons. The quantitative estimate of drug-likeness (QED) is 0.337. The Balaban J connectivity index is 1.45. The maximum atomic E-state index is 14.1. The number of nitrogens with two attached hydrogens (primary N) is 2. The highest BCUT2D eigenvalue weighted by Gasteiger charge is 2.63. The number of phenolic OH excluding ortho intramolecular Hbond substituents is 1. The summed E-state index contributed by atoms with van der Waals surface area (Å²) in [5.41, 5.74) is 13.0. The fourth-order valence-electron chi connectivity index (χ4n) is 7.57. The number of carbonyl (C=O) groups excluding carboxylic acids is 3. The highest BCUT2D eigenvalue weighted by Crippen LogP contribution is 2.52. The van der Waals surface area contributed by atoms with Gasteiger partial charge >= 0.3 is 0 Å². The van der Waals surface area contributed by atoms with Gasteiger partial charge in [-0.2, -0.15) is 0 Å². The Kier molecular flexibility index (Phi) is 6.75. The largest absolute Gasteiger partial charge is 0.509 e. The van der Waals surface area contributed by atoms with Crippen LogP contribution in [0.1, 0.15) is 36.0 Å². The second kappa shape index (κ2) is 10.1. The van der Waals surface area contributed by atoms with Crippen LogP contribution in [0, 0.1) is 11.8 Å². The van der Waals surface area contributed by atoms with Gasteiger partial charge in [-0.1, -0.05) is 30.3 Å². The van der Waals surface area contributed by atoms with Crippen LogP contribution in [-0.4, -0.2) is 81.4 Å². The number of rotatable bonds is 5. The molecule has 10 nitrogen and oxygen atoms in total. The minimum absolute atomic E-state index is 0.0307. The topological polar surface area (TPSA) is 170 Å². The Bertz CT molecular complexity index is 1570. The summed E-state index contributed by atoms with van der Waals surface area (Å²) in [6.45, 7) is 3.09. The molecule has 2 aromatic carbocycles. The number of aliphatic hydroxyl groups excluding tert-OH is 2. The monoisotopic (exact) mass is 572 g/mol. The first kappa shape index (κ1) is 28.1. The molecule has 0 bridgehead atoms. The van der Waals surface area contributed by atoms with Crippen molar-refractivity contribution in [1.29, 1.82) is 0 Å². The zero-order valence-corrected chi connectivity index (χ0v) is 23.8.